The molecule has 1 unspecified atom stereocenters. The van der Waals surface area contributed by atoms with Gasteiger partial charge in [-0.05, 0) is 18.8 Å². The minimum atomic E-state index is -0.340. The molecule has 0 aliphatic heterocycles. The van der Waals surface area contributed by atoms with E-state index in [0.29, 0.717) is 0 Å². The van der Waals surface area contributed by atoms with Gasteiger partial charge in [0.25, 0.3) is 0 Å². The van der Waals surface area contributed by atoms with Gasteiger partial charge in [-0.2, -0.15) is 5.26 Å². The Balaban J connectivity index is 2.47. The Morgan fingerprint density at radius 3 is 2.18 bits per heavy atom. The Morgan fingerprint density at radius 1 is 1.18 bits per heavy atom. The Labute approximate surface area is 105 Å². The first kappa shape index (κ1) is 14.0. The van der Waals surface area contributed by atoms with Gasteiger partial charge in [0.2, 0.25) is 5.91 Å². The first-order valence-electron chi connectivity index (χ1n) is 6.85. The molecule has 96 valence electrons. The van der Waals surface area contributed by atoms with E-state index in [-0.39, 0.29) is 23.8 Å². The maximum Gasteiger partial charge on any atom is 0.224 e. The van der Waals surface area contributed by atoms with Gasteiger partial charge in [0.1, 0.15) is 6.04 Å². The largest absolute Gasteiger partial charge is 0.340 e. The molecule has 1 saturated carbocycles. The second-order valence-electron chi connectivity index (χ2n) is 5.40. The van der Waals surface area contributed by atoms with Crippen molar-refractivity contribution in [3.63, 3.8) is 0 Å². The average Bonchev–Trinajstić information content (AvgIpc) is 2.24. The van der Waals surface area contributed by atoms with Crippen LogP contribution in [0, 0.1) is 23.2 Å². The molecule has 0 heterocycles. The minimum Gasteiger partial charge on any atom is -0.340 e. The van der Waals surface area contributed by atoms with Crippen molar-refractivity contribution < 1.29 is 4.79 Å². The van der Waals surface area contributed by atoms with E-state index in [2.05, 4.69) is 11.4 Å². The summed E-state index contributed by atoms with van der Waals surface area (Å²) in [6, 6.07) is 1.83. The number of nitriles is 1. The third kappa shape index (κ3) is 4.77. The Morgan fingerprint density at radius 2 is 1.71 bits per heavy atom. The molecule has 0 saturated heterocycles. The Bertz CT molecular complexity index is 272. The molecule has 3 heteroatoms. The lowest BCUT2D eigenvalue weighted by Gasteiger charge is -2.22. The molecule has 0 aromatic heterocycles. The van der Waals surface area contributed by atoms with Gasteiger partial charge in [-0.15, -0.1) is 0 Å². The van der Waals surface area contributed by atoms with E-state index in [1.807, 2.05) is 13.8 Å². The second-order valence-corrected chi connectivity index (χ2v) is 5.40. The third-order valence-corrected chi connectivity index (χ3v) is 3.58. The summed E-state index contributed by atoms with van der Waals surface area (Å²) >= 11 is 0. The first-order valence-corrected chi connectivity index (χ1v) is 6.85. The number of nitrogens with zero attached hydrogens (tertiary/aromatic N) is 1. The quantitative estimate of drug-likeness (QED) is 0.819. The summed E-state index contributed by atoms with van der Waals surface area (Å²) < 4.78 is 0. The number of hydrogen-bond donors (Lipinski definition) is 1. The molecule has 0 bridgehead atoms. The summed E-state index contributed by atoms with van der Waals surface area (Å²) in [4.78, 5) is 12.1. The molecular formula is C14H24N2O. The van der Waals surface area contributed by atoms with Crippen LogP contribution in [0.5, 0.6) is 0 Å². The molecule has 1 rings (SSSR count). The summed E-state index contributed by atoms with van der Waals surface area (Å²) in [6.45, 7) is 3.93. The first-order chi connectivity index (χ1) is 8.15. The number of rotatable bonds is 3. The van der Waals surface area contributed by atoms with Gasteiger partial charge in [0.05, 0.1) is 6.07 Å². The van der Waals surface area contributed by atoms with E-state index < -0.39 is 0 Å². The van der Waals surface area contributed by atoms with Crippen molar-refractivity contribution in [3.8, 4) is 6.07 Å². The Hall–Kier alpha value is -1.04. The average molecular weight is 236 g/mol. The monoisotopic (exact) mass is 236 g/mol. The van der Waals surface area contributed by atoms with Gasteiger partial charge in [-0.1, -0.05) is 46.0 Å². The highest BCUT2D eigenvalue weighted by Crippen LogP contribution is 2.22. The van der Waals surface area contributed by atoms with Crippen molar-refractivity contribution in [2.45, 2.75) is 64.8 Å². The summed E-state index contributed by atoms with van der Waals surface area (Å²) in [5.41, 5.74) is 0. The van der Waals surface area contributed by atoms with Gasteiger partial charge >= 0.3 is 0 Å². The van der Waals surface area contributed by atoms with Crippen LogP contribution in [0.2, 0.25) is 0 Å². The maximum atomic E-state index is 12.1. The fourth-order valence-corrected chi connectivity index (χ4v) is 2.34. The Kier molecular flexibility index (Phi) is 6.04. The van der Waals surface area contributed by atoms with Crippen LogP contribution in [0.3, 0.4) is 0 Å². The normalized spacial score (nSPS) is 20.1. The lowest BCUT2D eigenvalue weighted by Crippen LogP contribution is -2.41. The van der Waals surface area contributed by atoms with Gasteiger partial charge in [-0.25, -0.2) is 0 Å². The molecule has 1 aliphatic carbocycles. The van der Waals surface area contributed by atoms with E-state index >= 15 is 0 Å². The molecule has 1 amide bonds. The van der Waals surface area contributed by atoms with Crippen molar-refractivity contribution >= 4 is 5.91 Å². The minimum absolute atomic E-state index is 0.0900. The topological polar surface area (TPSA) is 52.9 Å². The van der Waals surface area contributed by atoms with Crippen LogP contribution in [-0.4, -0.2) is 11.9 Å². The molecule has 0 spiro atoms. The zero-order valence-electron chi connectivity index (χ0n) is 11.0. The molecule has 0 aromatic carbocycles. The van der Waals surface area contributed by atoms with Crippen LogP contribution in [0.4, 0.5) is 0 Å². The van der Waals surface area contributed by atoms with Crippen molar-refractivity contribution in [2.75, 3.05) is 0 Å². The van der Waals surface area contributed by atoms with Crippen LogP contribution in [-0.2, 0) is 4.79 Å². The lowest BCUT2D eigenvalue weighted by molar-refractivity contribution is -0.126. The predicted octanol–water partition coefficient (Wildman–Crippen LogP) is 3.01. The molecule has 1 atom stereocenters. The molecular weight excluding hydrogens is 212 g/mol. The molecule has 0 aromatic rings. The van der Waals surface area contributed by atoms with Crippen molar-refractivity contribution in [2.24, 2.45) is 11.8 Å². The number of carbonyl (C=O) groups excluding carboxylic acids is 1. The maximum absolute atomic E-state index is 12.1. The van der Waals surface area contributed by atoms with Gasteiger partial charge in [-0.3, -0.25) is 4.79 Å². The highest BCUT2D eigenvalue weighted by atomic mass is 16.1. The van der Waals surface area contributed by atoms with Gasteiger partial charge < -0.3 is 5.32 Å². The zero-order chi connectivity index (χ0) is 12.7. The highest BCUT2D eigenvalue weighted by Gasteiger charge is 2.23. The van der Waals surface area contributed by atoms with Crippen molar-refractivity contribution in [1.29, 1.82) is 5.26 Å². The summed E-state index contributed by atoms with van der Waals surface area (Å²) in [7, 11) is 0. The van der Waals surface area contributed by atoms with Crippen LogP contribution in [0.25, 0.3) is 0 Å². The number of amides is 1. The van der Waals surface area contributed by atoms with Crippen LogP contribution in [0.15, 0.2) is 0 Å². The molecule has 17 heavy (non-hydrogen) atoms. The molecule has 1 fully saturated rings. The number of hydrogen-bond acceptors (Lipinski definition) is 2. The van der Waals surface area contributed by atoms with E-state index in [4.69, 9.17) is 5.26 Å². The third-order valence-electron chi connectivity index (χ3n) is 3.58. The molecule has 0 radical (unpaired) electrons. The van der Waals surface area contributed by atoms with Gasteiger partial charge in [0, 0.05) is 5.92 Å². The van der Waals surface area contributed by atoms with E-state index in [1.54, 1.807) is 0 Å². The number of nitrogens with one attached hydrogen (secondary N) is 1. The fourth-order valence-electron chi connectivity index (χ4n) is 2.34. The summed E-state index contributed by atoms with van der Waals surface area (Å²) in [6.07, 6.45) is 8.07. The molecule has 1 N–H and O–H groups in total. The SMILES string of the molecule is CC(C)C(C#N)NC(=O)C1CCCCCCC1. The standard InChI is InChI=1S/C14H24N2O/c1-11(2)13(10-15)16-14(17)12-8-6-4-3-5-7-9-12/h11-13H,3-9H2,1-2H3,(H,16,17). The van der Waals surface area contributed by atoms with Crippen LogP contribution < -0.4 is 5.32 Å². The van der Waals surface area contributed by atoms with E-state index in [0.717, 1.165) is 25.7 Å². The number of carbonyl (C=O) groups is 1. The molecule has 1 aliphatic rings. The second kappa shape index (κ2) is 7.32. The van der Waals surface area contributed by atoms with Crippen LogP contribution >= 0.6 is 0 Å². The smallest absolute Gasteiger partial charge is 0.224 e. The van der Waals surface area contributed by atoms with Crippen molar-refractivity contribution in [1.82, 2.24) is 5.32 Å². The van der Waals surface area contributed by atoms with E-state index in [1.165, 1.54) is 19.3 Å². The van der Waals surface area contributed by atoms with Crippen molar-refractivity contribution in [3.05, 3.63) is 0 Å². The van der Waals surface area contributed by atoms with E-state index in [9.17, 15) is 4.79 Å². The summed E-state index contributed by atoms with van der Waals surface area (Å²) in [5.74, 6) is 0.398. The highest BCUT2D eigenvalue weighted by molar-refractivity contribution is 5.79. The fraction of sp³-hybridized carbons (Fsp3) is 0.857. The predicted molar refractivity (Wildman–Crippen MR) is 68.2 cm³/mol. The lowest BCUT2D eigenvalue weighted by atomic mass is 9.90. The molecule has 3 nitrogen and oxygen atoms in total. The van der Waals surface area contributed by atoms with Crippen LogP contribution in [0.1, 0.15) is 58.8 Å². The zero-order valence-corrected chi connectivity index (χ0v) is 11.0. The van der Waals surface area contributed by atoms with Gasteiger partial charge in [0.15, 0.2) is 0 Å². The summed E-state index contributed by atoms with van der Waals surface area (Å²) in [5, 5.41) is 11.9.